The molecule has 0 bridgehead atoms. The highest BCUT2D eigenvalue weighted by atomic mass is 79.9. The van der Waals surface area contributed by atoms with E-state index in [1.54, 1.807) is 48.5 Å². The molecule has 2 amide bonds. The number of nitrogens with zero attached hydrogens (tertiary/aromatic N) is 2. The van der Waals surface area contributed by atoms with Crippen molar-refractivity contribution < 1.29 is 9.59 Å². The second kappa shape index (κ2) is 7.43. The Morgan fingerprint density at radius 3 is 2.40 bits per heavy atom. The van der Waals surface area contributed by atoms with Gasteiger partial charge in [-0.1, -0.05) is 27.5 Å². The van der Waals surface area contributed by atoms with Crippen molar-refractivity contribution in [3.05, 3.63) is 58.0 Å². The Bertz CT molecular complexity index is 868. The average Bonchev–Trinajstić information content (AvgIpc) is 2.57. The first kappa shape index (κ1) is 17.7. The number of rotatable bonds is 3. The van der Waals surface area contributed by atoms with Crippen molar-refractivity contribution in [1.82, 2.24) is 5.32 Å². The lowest BCUT2D eigenvalue weighted by atomic mass is 10.1. The number of aliphatic imine (C=N–C) groups is 1. The van der Waals surface area contributed by atoms with Gasteiger partial charge in [0, 0.05) is 15.7 Å². The van der Waals surface area contributed by atoms with Gasteiger partial charge in [-0.15, -0.1) is 0 Å². The molecule has 2 aromatic carbocycles. The summed E-state index contributed by atoms with van der Waals surface area (Å²) in [7, 11) is 0. The minimum atomic E-state index is -1.06. The van der Waals surface area contributed by atoms with Gasteiger partial charge in [-0.25, -0.2) is 0 Å². The maximum absolute atomic E-state index is 12.8. The van der Waals surface area contributed by atoms with Gasteiger partial charge >= 0.3 is 0 Å². The molecular formula is C17H11BrClN3O2S. The largest absolute Gasteiger partial charge is 0.301 e. The van der Waals surface area contributed by atoms with Crippen molar-refractivity contribution in [3.63, 3.8) is 0 Å². The van der Waals surface area contributed by atoms with Gasteiger partial charge in [0.15, 0.2) is 11.0 Å². The molecule has 0 saturated carbocycles. The highest BCUT2D eigenvalue weighted by Crippen LogP contribution is 2.23. The summed E-state index contributed by atoms with van der Waals surface area (Å²) < 4.78 is 0.872. The molecule has 1 heterocycles. The topological polar surface area (TPSA) is 61.8 Å². The predicted molar refractivity (Wildman–Crippen MR) is 105 cm³/mol. The molecule has 0 aromatic heterocycles. The molecule has 0 unspecified atom stereocenters. The molecule has 1 fully saturated rings. The molecule has 1 atom stereocenters. The van der Waals surface area contributed by atoms with E-state index in [0.29, 0.717) is 16.4 Å². The number of amides is 2. The second-order valence-electron chi connectivity index (χ2n) is 5.18. The quantitative estimate of drug-likeness (QED) is 0.451. The maximum atomic E-state index is 12.8. The van der Waals surface area contributed by atoms with Gasteiger partial charge in [0.2, 0.25) is 5.91 Å². The molecular weight excluding hydrogens is 426 g/mol. The third-order valence-electron chi connectivity index (χ3n) is 3.49. The summed E-state index contributed by atoms with van der Waals surface area (Å²) in [5.41, 5.74) is 1.16. The molecule has 126 valence electrons. The third-order valence-corrected chi connectivity index (χ3v) is 4.55. The molecule has 1 N–H and O–H groups in total. The molecule has 3 rings (SSSR count). The number of carbonyl (C=O) groups excluding carboxylic acids is 2. The molecule has 1 aliphatic heterocycles. The standard InChI is InChI=1S/C17H11BrClN3O2S/c18-10-1-7-13(8-2-10)22-16(24)14(15(23)21-17(22)25)9-20-12-5-3-11(19)4-6-12/h1-9,14H,(H,21,23,25)/t14-/m0/s1. The van der Waals surface area contributed by atoms with Crippen molar-refractivity contribution in [1.29, 1.82) is 0 Å². The molecule has 0 radical (unpaired) electrons. The minimum absolute atomic E-state index is 0.0495. The van der Waals surface area contributed by atoms with E-state index >= 15 is 0 Å². The van der Waals surface area contributed by atoms with Crippen LogP contribution >= 0.6 is 39.7 Å². The number of thiocarbonyl (C=S) groups is 1. The van der Waals surface area contributed by atoms with Gasteiger partial charge in [-0.3, -0.25) is 19.5 Å². The van der Waals surface area contributed by atoms with Crippen LogP contribution in [0.5, 0.6) is 0 Å². The van der Waals surface area contributed by atoms with Crippen LogP contribution in [0, 0.1) is 5.92 Å². The SMILES string of the molecule is O=C1NC(=S)N(c2ccc(Br)cc2)C(=O)[C@H]1C=Nc1ccc(Cl)cc1. The molecule has 0 aliphatic carbocycles. The van der Waals surface area contributed by atoms with Crippen LogP contribution in [0.1, 0.15) is 0 Å². The van der Waals surface area contributed by atoms with Crippen molar-refractivity contribution in [2.75, 3.05) is 4.90 Å². The van der Waals surface area contributed by atoms with E-state index in [2.05, 4.69) is 26.2 Å². The van der Waals surface area contributed by atoms with Crippen LogP contribution < -0.4 is 10.2 Å². The number of hydrogen-bond donors (Lipinski definition) is 1. The zero-order chi connectivity index (χ0) is 18.0. The van der Waals surface area contributed by atoms with Gasteiger partial charge in [0.05, 0.1) is 11.4 Å². The lowest BCUT2D eigenvalue weighted by Crippen LogP contribution is -2.58. The molecule has 8 heteroatoms. The monoisotopic (exact) mass is 435 g/mol. The lowest BCUT2D eigenvalue weighted by molar-refractivity contribution is -0.130. The van der Waals surface area contributed by atoms with E-state index in [4.69, 9.17) is 23.8 Å². The van der Waals surface area contributed by atoms with Gasteiger partial charge in [0.25, 0.3) is 5.91 Å². The molecule has 1 aliphatic rings. The Labute approximate surface area is 162 Å². The van der Waals surface area contributed by atoms with Crippen molar-refractivity contribution in [3.8, 4) is 0 Å². The van der Waals surface area contributed by atoms with E-state index in [1.807, 2.05) is 0 Å². The van der Waals surface area contributed by atoms with Gasteiger partial charge in [-0.2, -0.15) is 0 Å². The van der Waals surface area contributed by atoms with Crippen LogP contribution in [0.2, 0.25) is 5.02 Å². The highest BCUT2D eigenvalue weighted by Gasteiger charge is 2.38. The Morgan fingerprint density at radius 2 is 1.76 bits per heavy atom. The first-order valence-electron chi connectivity index (χ1n) is 7.20. The van der Waals surface area contributed by atoms with Crippen LogP contribution in [-0.2, 0) is 9.59 Å². The summed E-state index contributed by atoms with van der Waals surface area (Å²) in [5.74, 6) is -2.01. The first-order chi connectivity index (χ1) is 12.0. The molecule has 5 nitrogen and oxygen atoms in total. The highest BCUT2D eigenvalue weighted by molar-refractivity contribution is 9.10. The normalized spacial score (nSPS) is 17.9. The lowest BCUT2D eigenvalue weighted by Gasteiger charge is -2.30. The molecule has 25 heavy (non-hydrogen) atoms. The van der Waals surface area contributed by atoms with E-state index < -0.39 is 17.7 Å². The summed E-state index contributed by atoms with van der Waals surface area (Å²) in [5, 5.41) is 3.17. The van der Waals surface area contributed by atoms with Crippen LogP contribution in [-0.4, -0.2) is 23.1 Å². The maximum Gasteiger partial charge on any atom is 0.251 e. The smallest absolute Gasteiger partial charge is 0.251 e. The zero-order valence-electron chi connectivity index (χ0n) is 12.6. The number of carbonyl (C=O) groups is 2. The molecule has 1 saturated heterocycles. The number of nitrogens with one attached hydrogen (secondary N) is 1. The molecule has 2 aromatic rings. The summed E-state index contributed by atoms with van der Waals surface area (Å²) >= 11 is 14.3. The van der Waals surface area contributed by atoms with E-state index in [9.17, 15) is 9.59 Å². The first-order valence-corrected chi connectivity index (χ1v) is 8.78. The summed E-state index contributed by atoms with van der Waals surface area (Å²) in [6, 6.07) is 13.8. The summed E-state index contributed by atoms with van der Waals surface area (Å²) in [6.45, 7) is 0. The minimum Gasteiger partial charge on any atom is -0.301 e. The van der Waals surface area contributed by atoms with Crippen molar-refractivity contribution >= 4 is 74.3 Å². The summed E-state index contributed by atoms with van der Waals surface area (Å²) in [4.78, 5) is 30.4. The van der Waals surface area contributed by atoms with Gasteiger partial charge < -0.3 is 5.32 Å². The van der Waals surface area contributed by atoms with Gasteiger partial charge in [-0.05, 0) is 60.7 Å². The average molecular weight is 437 g/mol. The number of benzene rings is 2. The number of hydrogen-bond acceptors (Lipinski definition) is 4. The molecule has 0 spiro atoms. The third kappa shape index (κ3) is 3.95. The van der Waals surface area contributed by atoms with Crippen molar-refractivity contribution in [2.24, 2.45) is 10.9 Å². The second-order valence-corrected chi connectivity index (χ2v) is 6.92. The number of halogens is 2. The van der Waals surface area contributed by atoms with E-state index in [1.165, 1.54) is 11.1 Å². The Kier molecular flexibility index (Phi) is 5.27. The van der Waals surface area contributed by atoms with E-state index in [-0.39, 0.29) is 5.11 Å². The van der Waals surface area contributed by atoms with Crippen LogP contribution in [0.4, 0.5) is 11.4 Å². The Hall–Kier alpha value is -2.09. The summed E-state index contributed by atoms with van der Waals surface area (Å²) in [6.07, 6.45) is 1.31. The van der Waals surface area contributed by atoms with Crippen LogP contribution in [0.25, 0.3) is 0 Å². The zero-order valence-corrected chi connectivity index (χ0v) is 15.8. The van der Waals surface area contributed by atoms with E-state index in [0.717, 1.165) is 4.47 Å². The van der Waals surface area contributed by atoms with Gasteiger partial charge in [0.1, 0.15) is 0 Å². The predicted octanol–water partition coefficient (Wildman–Crippen LogP) is 3.87. The van der Waals surface area contributed by atoms with Crippen LogP contribution in [0.3, 0.4) is 0 Å². The Balaban J connectivity index is 1.87. The number of anilines is 1. The fraction of sp³-hybridized carbons (Fsp3) is 0.0588. The Morgan fingerprint density at radius 1 is 1.12 bits per heavy atom. The van der Waals surface area contributed by atoms with Crippen LogP contribution in [0.15, 0.2) is 58.0 Å². The van der Waals surface area contributed by atoms with Crippen molar-refractivity contribution in [2.45, 2.75) is 0 Å². The fourth-order valence-corrected chi connectivity index (χ4v) is 2.93. The fourth-order valence-electron chi connectivity index (χ4n) is 2.24.